The molecular weight excluding hydrogens is 1470 g/mol. The van der Waals surface area contributed by atoms with E-state index in [0.29, 0.717) is 41.7 Å². The Morgan fingerprint density at radius 1 is 0.491 bits per heavy atom. The summed E-state index contributed by atoms with van der Waals surface area (Å²) < 4.78 is 25.2. The van der Waals surface area contributed by atoms with Gasteiger partial charge in [0.1, 0.15) is 62.1 Å². The largest absolute Gasteiger partial charge is 0.477 e. The molecule has 0 radical (unpaired) electrons. The first-order chi connectivity index (χ1) is 50.8. The number of carboxylic acid groups (broad SMARTS) is 1. The molecule has 1 atom stereocenters. The molecule has 28 nitrogen and oxygen atoms in total. The van der Waals surface area contributed by atoms with Crippen LogP contribution in [0, 0.1) is 47.5 Å². The third-order valence-electron chi connectivity index (χ3n) is 13.1. The average molecular weight is 1570 g/mol. The van der Waals surface area contributed by atoms with Gasteiger partial charge >= 0.3 is 17.9 Å². The maximum Gasteiger partial charge on any atom is 0.343 e. The second-order valence-electron chi connectivity index (χ2n) is 22.6. The first kappa shape index (κ1) is 92.7. The summed E-state index contributed by atoms with van der Waals surface area (Å²) in [5.74, 6) is -0.375. The summed E-state index contributed by atoms with van der Waals surface area (Å²) in [6, 6.07) is 38.4. The molecule has 0 aliphatic heterocycles. The van der Waals surface area contributed by atoms with Gasteiger partial charge in [-0.3, -0.25) is 14.0 Å². The Morgan fingerprint density at radius 2 is 0.796 bits per heavy atom. The summed E-state index contributed by atoms with van der Waals surface area (Å²) in [6.07, 6.45) is 6.59. The fraction of sp³-hybridized carbons (Fsp3) is 0.267. The van der Waals surface area contributed by atoms with E-state index >= 15 is 0 Å². The smallest absolute Gasteiger partial charge is 0.343 e. The number of aromatic nitrogens is 10. The number of carbonyl (C=O) groups excluding carboxylic acids is 4. The second kappa shape index (κ2) is 50.2. The van der Waals surface area contributed by atoms with E-state index in [4.69, 9.17) is 91.0 Å². The molecule has 16 N–H and O–H groups in total. The molecular formula is C75H95Cl4FN20O8. The standard InChI is InChI=1S/C15H20N6O.C14H14ClN3O2.C13H14N4O.C12H10ClN3O2.C7H6Cl2N2O2.C7H9N.C4H11N.CH3F.2CH4/c1-9-3-5-11(6-4-9)20-14-12(13(17)22)8-19-15(21-14)18-7-10(2)16;1-3-20-13(19)11-8-16-14(15)18-12(11)17-10-6-4-9(2)5-7-10;1-8-3-5-10(6-4-8)17-13-11(12(14)18)7-15-9(2)16-13;1-7-2-4-8(5-3-7)15-10-9(11(17)18)6-14-12(13)16-10;1-2-13-6(12)4-3-10-7(9)11-5(4)8;1-6-2-4-7(8)5-3-6;1-4(2)3-5;1-2;;/h3-6,8,10H,7,16H2,1-2H3,(H2,17,22)(H2,18,19,20,21);4-8H,3H2,1-2H3,(H,16,17,18);3-7H,1-2H3,(H2,14,18)(H,15,16,17);2-6H,1H3,(H,17,18)(H,14,15,16);3H,2H2,1H3;2-5H,8H2,1H3;4H,3,5H2,1-2H3;1H3;2*1H4/t10-;;;;;;;;;/m0........./s1/i;;;;;;;1D;;. The molecule has 578 valence electrons. The highest BCUT2D eigenvalue weighted by atomic mass is 35.5. The van der Waals surface area contributed by atoms with E-state index in [2.05, 4.69) is 90.3 Å². The molecule has 0 aliphatic rings. The van der Waals surface area contributed by atoms with Crippen LogP contribution >= 0.6 is 46.4 Å². The number of rotatable bonds is 19. The minimum absolute atomic E-state index is 0. The SMILES string of the molecule is C.C.CC(C)CN.CCOC(=O)c1cnc(Cl)nc1Cl.CCOC(=O)c1cnc(Cl)nc1Nc1ccc(C)cc1.Cc1ccc(N)cc1.Cc1ccc(Nc2nc(C)ncc2C(N)=O)cc1.Cc1ccc(Nc2nc(Cl)ncc2C(=O)O)cc1.Cc1ccc(Nc2nc(NC[C@H](C)N)ncc2C(N)=O)cc1.[2H]CF. The Balaban J connectivity index is 0.000000648. The van der Waals surface area contributed by atoms with Crippen LogP contribution in [0.1, 0.15) is 136 Å². The summed E-state index contributed by atoms with van der Waals surface area (Å²) >= 11 is 22.5. The van der Waals surface area contributed by atoms with Crippen LogP contribution in [0.5, 0.6) is 0 Å². The van der Waals surface area contributed by atoms with Crippen molar-refractivity contribution in [3.8, 4) is 0 Å². The number of nitrogens with one attached hydrogen (secondary N) is 5. The van der Waals surface area contributed by atoms with Crippen LogP contribution in [0.3, 0.4) is 0 Å². The summed E-state index contributed by atoms with van der Waals surface area (Å²) in [5, 5.41) is 24.2. The molecule has 5 aromatic heterocycles. The first-order valence-corrected chi connectivity index (χ1v) is 33.6. The number of nitrogens with zero attached hydrogens (tertiary/aromatic N) is 10. The monoisotopic (exact) mass is 1560 g/mol. The van der Waals surface area contributed by atoms with Crippen LogP contribution in [0.15, 0.2) is 152 Å². The lowest BCUT2D eigenvalue weighted by atomic mass is 10.2. The van der Waals surface area contributed by atoms with Gasteiger partial charge in [-0.25, -0.2) is 49.3 Å². The van der Waals surface area contributed by atoms with Crippen LogP contribution in [0.2, 0.25) is 21.0 Å². The number of carbonyl (C=O) groups is 5. The molecule has 0 aliphatic carbocycles. The number of aryl methyl sites for hydroxylation is 6. The van der Waals surface area contributed by atoms with Gasteiger partial charge in [-0.15, -0.1) is 0 Å². The van der Waals surface area contributed by atoms with Gasteiger partial charge in [0, 0.05) is 72.0 Å². The Labute approximate surface area is 650 Å². The van der Waals surface area contributed by atoms with E-state index in [-0.39, 0.29) is 88.7 Å². The van der Waals surface area contributed by atoms with Crippen molar-refractivity contribution < 1.29 is 44.3 Å². The van der Waals surface area contributed by atoms with Crippen LogP contribution in [0.4, 0.5) is 62.0 Å². The number of alkyl halides is 1. The van der Waals surface area contributed by atoms with Crippen LogP contribution in [-0.2, 0) is 9.47 Å². The molecule has 0 bridgehead atoms. The summed E-state index contributed by atoms with van der Waals surface area (Å²) in [5.41, 5.74) is 37.6. The van der Waals surface area contributed by atoms with E-state index in [1.165, 1.54) is 36.5 Å². The number of nitrogen functional groups attached to an aromatic ring is 1. The number of halogens is 5. The lowest BCUT2D eigenvalue weighted by Crippen LogP contribution is -2.26. The van der Waals surface area contributed by atoms with Gasteiger partial charge in [-0.2, -0.15) is 15.0 Å². The number of esters is 2. The van der Waals surface area contributed by atoms with E-state index in [9.17, 15) is 28.4 Å². The zero-order valence-corrected chi connectivity index (χ0v) is 63.2. The number of carboxylic acids is 1. The molecule has 0 unspecified atom stereocenters. The molecule has 0 saturated heterocycles. The van der Waals surface area contributed by atoms with Crippen molar-refractivity contribution in [2.24, 2.45) is 28.9 Å². The van der Waals surface area contributed by atoms with Gasteiger partial charge in [-0.05, 0) is 170 Å². The van der Waals surface area contributed by atoms with E-state index < -0.39 is 36.9 Å². The lowest BCUT2D eigenvalue weighted by molar-refractivity contribution is 0.0516. The molecule has 0 saturated carbocycles. The minimum atomic E-state index is -1.11. The zero-order valence-electron chi connectivity index (χ0n) is 61.2. The maximum atomic E-state index is 11.8. The van der Waals surface area contributed by atoms with Crippen molar-refractivity contribution in [3.05, 3.63) is 235 Å². The second-order valence-corrected chi connectivity index (χ2v) is 24.0. The predicted octanol–water partition coefficient (Wildman–Crippen LogP) is 15.6. The highest BCUT2D eigenvalue weighted by Crippen LogP contribution is 2.25. The highest BCUT2D eigenvalue weighted by molar-refractivity contribution is 6.34. The van der Waals surface area contributed by atoms with Crippen molar-refractivity contribution in [2.45, 2.75) is 97.1 Å². The molecule has 108 heavy (non-hydrogen) atoms. The van der Waals surface area contributed by atoms with E-state index in [0.717, 1.165) is 57.2 Å². The van der Waals surface area contributed by atoms with Crippen LogP contribution in [-0.4, -0.2) is 124 Å². The summed E-state index contributed by atoms with van der Waals surface area (Å²) in [7, 11) is -1.00. The van der Waals surface area contributed by atoms with Crippen molar-refractivity contribution in [1.29, 1.82) is 0 Å². The van der Waals surface area contributed by atoms with Crippen LogP contribution < -0.4 is 55.3 Å². The number of anilines is 10. The fourth-order valence-electron chi connectivity index (χ4n) is 7.51. The third kappa shape index (κ3) is 35.6. The molecule has 5 heterocycles. The minimum Gasteiger partial charge on any atom is -0.477 e. The van der Waals surface area contributed by atoms with Gasteiger partial charge in [0.05, 0.1) is 21.7 Å². The number of nitrogens with two attached hydrogens (primary N) is 5. The quantitative estimate of drug-likeness (QED) is 0.0155. The number of primary amides is 2. The topological polar surface area (TPSA) is 443 Å². The number of hydrogen-bond acceptors (Lipinski definition) is 25. The Morgan fingerprint density at radius 3 is 1.13 bits per heavy atom. The van der Waals surface area contributed by atoms with Crippen molar-refractivity contribution in [3.63, 3.8) is 0 Å². The third-order valence-corrected chi connectivity index (χ3v) is 13.9. The summed E-state index contributed by atoms with van der Waals surface area (Å²) in [6.45, 7) is 23.2. The van der Waals surface area contributed by atoms with Crippen molar-refractivity contribution in [1.82, 2.24) is 49.8 Å². The van der Waals surface area contributed by atoms with Crippen molar-refractivity contribution in [2.75, 3.05) is 65.8 Å². The molecule has 0 fully saturated rings. The molecule has 5 aromatic carbocycles. The summed E-state index contributed by atoms with van der Waals surface area (Å²) in [4.78, 5) is 95.9. The Kier molecular flexibility index (Phi) is 43.1. The van der Waals surface area contributed by atoms with Crippen molar-refractivity contribution >= 4 is 134 Å². The maximum absolute atomic E-state index is 11.8. The van der Waals surface area contributed by atoms with Gasteiger partial charge in [0.15, 0.2) is 0 Å². The average Bonchev–Trinajstić information content (AvgIpc) is 0.855. The van der Waals surface area contributed by atoms with E-state index in [1.807, 2.05) is 163 Å². The van der Waals surface area contributed by atoms with Gasteiger partial charge in [0.25, 0.3) is 11.8 Å². The first-order valence-electron chi connectivity index (χ1n) is 32.8. The number of benzene rings is 5. The van der Waals surface area contributed by atoms with Crippen LogP contribution in [0.25, 0.3) is 0 Å². The molecule has 2 amide bonds. The molecule has 10 aromatic rings. The molecule has 33 heteroatoms. The number of aromatic carboxylic acids is 1. The van der Waals surface area contributed by atoms with E-state index in [1.54, 1.807) is 20.8 Å². The lowest BCUT2D eigenvalue weighted by Gasteiger charge is -2.12. The zero-order chi connectivity index (χ0) is 79.7. The Hall–Kier alpha value is -11.3. The predicted molar refractivity (Wildman–Crippen MR) is 431 cm³/mol. The molecule has 0 spiro atoms. The number of ether oxygens (including phenoxy) is 2. The fourth-order valence-corrected chi connectivity index (χ4v) is 8.16. The highest BCUT2D eigenvalue weighted by Gasteiger charge is 2.19. The number of hydrogen-bond donors (Lipinski definition) is 11. The van der Waals surface area contributed by atoms with Gasteiger partial charge < -0.3 is 69.8 Å². The number of amides is 2. The molecule has 10 rings (SSSR count). The normalized spacial score (nSPS) is 10.1. The Bertz CT molecular complexity index is 4310. The van der Waals surface area contributed by atoms with Gasteiger partial charge in [-0.1, -0.05) is 129 Å². The van der Waals surface area contributed by atoms with Gasteiger partial charge in [0.2, 0.25) is 21.8 Å².